The molecule has 2 rings (SSSR count). The number of benzene rings is 2. The molecule has 0 spiro atoms. The Bertz CT molecular complexity index is 665. The minimum Gasteiger partial charge on any atom is -0.450 e. The number of thiol groups is 1. The predicted molar refractivity (Wildman–Crippen MR) is 85.5 cm³/mol. The predicted octanol–water partition coefficient (Wildman–Crippen LogP) is 5.53. The van der Waals surface area contributed by atoms with E-state index in [2.05, 4.69) is 12.6 Å². The molecule has 106 valence electrons. The molecule has 0 aromatic heterocycles. The Labute approximate surface area is 144 Å². The number of ether oxygens (including phenoxy) is 1. The molecule has 0 heterocycles. The van der Waals surface area contributed by atoms with Crippen LogP contribution in [0, 0.1) is 30.4 Å². The molecule has 2 aromatic rings. The minimum absolute atomic E-state index is 0.0922. The van der Waals surface area contributed by atoms with Crippen LogP contribution in [0.25, 0.3) is 0 Å². The molecule has 20 heavy (non-hydrogen) atoms. The maximum absolute atomic E-state index is 13.6. The Balaban J connectivity index is 2.54. The highest BCUT2D eigenvalue weighted by atomic mass is 127. The summed E-state index contributed by atoms with van der Waals surface area (Å²) in [6.07, 6.45) is 0. The molecule has 2 aromatic carbocycles. The fraction of sp³-hybridized carbons (Fsp3) is 0. The van der Waals surface area contributed by atoms with Gasteiger partial charge < -0.3 is 4.74 Å². The lowest BCUT2D eigenvalue weighted by atomic mass is 10.2. The number of hydrogen-bond donors (Lipinski definition) is 1. The average molecular weight is 526 g/mol. The van der Waals surface area contributed by atoms with Gasteiger partial charge in [-0.25, -0.2) is 8.78 Å². The number of halogens is 6. The molecule has 0 bridgehead atoms. The molecule has 0 N–H and O–H groups in total. The topological polar surface area (TPSA) is 9.23 Å². The van der Waals surface area contributed by atoms with Gasteiger partial charge in [-0.3, -0.25) is 0 Å². The fourth-order valence-electron chi connectivity index (χ4n) is 1.36. The highest BCUT2D eigenvalue weighted by Gasteiger charge is 2.25. The summed E-state index contributed by atoms with van der Waals surface area (Å²) in [6.45, 7) is 0. The van der Waals surface area contributed by atoms with Crippen LogP contribution in [-0.4, -0.2) is 0 Å². The van der Waals surface area contributed by atoms with E-state index in [1.54, 1.807) is 12.1 Å². The van der Waals surface area contributed by atoms with Crippen LogP contribution in [0.2, 0.25) is 0 Å². The summed E-state index contributed by atoms with van der Waals surface area (Å²) in [4.78, 5) is -1.02. The van der Waals surface area contributed by atoms with Gasteiger partial charge in [-0.1, -0.05) is 0 Å². The van der Waals surface area contributed by atoms with Crippen LogP contribution in [0.1, 0.15) is 0 Å². The zero-order chi connectivity index (χ0) is 15.0. The molecule has 0 atom stereocenters. The third-order valence-electron chi connectivity index (χ3n) is 2.31. The molecule has 0 amide bonds. The van der Waals surface area contributed by atoms with Crippen molar-refractivity contribution < 1.29 is 22.3 Å². The SMILES string of the molecule is Fc1c(F)c(Oc2ccc(I)cc2I)c(F)c(F)c1S. The second kappa shape index (κ2) is 6.26. The zero-order valence-electron chi connectivity index (χ0n) is 9.36. The zero-order valence-corrected chi connectivity index (χ0v) is 14.6. The summed E-state index contributed by atoms with van der Waals surface area (Å²) < 4.78 is 60.4. The number of rotatable bonds is 2. The Hall–Kier alpha value is -0.230. The molecular weight excluding hydrogens is 522 g/mol. The molecule has 0 saturated carbocycles. The van der Waals surface area contributed by atoms with Crippen LogP contribution in [0.4, 0.5) is 17.6 Å². The Morgan fingerprint density at radius 2 is 1.45 bits per heavy atom. The van der Waals surface area contributed by atoms with E-state index < -0.39 is 33.9 Å². The largest absolute Gasteiger partial charge is 0.450 e. The second-order valence-electron chi connectivity index (χ2n) is 3.61. The smallest absolute Gasteiger partial charge is 0.205 e. The summed E-state index contributed by atoms with van der Waals surface area (Å²) in [5, 5.41) is 0. The lowest BCUT2D eigenvalue weighted by Crippen LogP contribution is -2.02. The van der Waals surface area contributed by atoms with Crippen molar-refractivity contribution in [1.29, 1.82) is 0 Å². The summed E-state index contributed by atoms with van der Waals surface area (Å²) in [5.74, 6) is -7.47. The molecule has 8 heteroatoms. The van der Waals surface area contributed by atoms with Crippen LogP contribution in [0.5, 0.6) is 11.5 Å². The lowest BCUT2D eigenvalue weighted by molar-refractivity contribution is 0.352. The van der Waals surface area contributed by atoms with E-state index in [1.165, 1.54) is 6.07 Å². The molecule has 0 unspecified atom stereocenters. The first-order valence-electron chi connectivity index (χ1n) is 5.00. The molecule has 0 radical (unpaired) electrons. The van der Waals surface area contributed by atoms with E-state index in [0.29, 0.717) is 3.57 Å². The lowest BCUT2D eigenvalue weighted by Gasteiger charge is -2.12. The van der Waals surface area contributed by atoms with E-state index in [-0.39, 0.29) is 5.75 Å². The van der Waals surface area contributed by atoms with Crippen molar-refractivity contribution in [2.24, 2.45) is 0 Å². The normalized spacial score (nSPS) is 10.8. The monoisotopic (exact) mass is 526 g/mol. The van der Waals surface area contributed by atoms with Crippen molar-refractivity contribution in [2.45, 2.75) is 4.90 Å². The second-order valence-corrected chi connectivity index (χ2v) is 6.47. The van der Waals surface area contributed by atoms with E-state index in [4.69, 9.17) is 4.74 Å². The molecule has 0 saturated heterocycles. The van der Waals surface area contributed by atoms with E-state index in [0.717, 1.165) is 3.57 Å². The van der Waals surface area contributed by atoms with Crippen molar-refractivity contribution in [3.8, 4) is 11.5 Å². The maximum atomic E-state index is 13.6. The molecule has 1 nitrogen and oxygen atoms in total. The first kappa shape index (κ1) is 16.1. The van der Waals surface area contributed by atoms with Crippen LogP contribution in [0.15, 0.2) is 23.1 Å². The van der Waals surface area contributed by atoms with Gasteiger partial charge in [-0.2, -0.15) is 8.78 Å². The third kappa shape index (κ3) is 3.01. The quantitative estimate of drug-likeness (QED) is 0.235. The fourth-order valence-corrected chi connectivity index (χ4v) is 3.27. The van der Waals surface area contributed by atoms with Gasteiger partial charge >= 0.3 is 0 Å². The van der Waals surface area contributed by atoms with Crippen molar-refractivity contribution in [1.82, 2.24) is 0 Å². The maximum Gasteiger partial charge on any atom is 0.205 e. The van der Waals surface area contributed by atoms with Gasteiger partial charge in [-0.15, -0.1) is 12.6 Å². The van der Waals surface area contributed by atoms with Crippen molar-refractivity contribution in [3.05, 3.63) is 48.6 Å². The first-order valence-corrected chi connectivity index (χ1v) is 7.61. The molecule has 0 aliphatic rings. The van der Waals surface area contributed by atoms with Crippen LogP contribution in [0.3, 0.4) is 0 Å². The van der Waals surface area contributed by atoms with Gasteiger partial charge in [0.1, 0.15) is 5.75 Å². The van der Waals surface area contributed by atoms with E-state index in [9.17, 15) is 17.6 Å². The van der Waals surface area contributed by atoms with Gasteiger partial charge in [0.25, 0.3) is 0 Å². The highest BCUT2D eigenvalue weighted by Crippen LogP contribution is 2.36. The van der Waals surface area contributed by atoms with Crippen LogP contribution in [-0.2, 0) is 0 Å². The minimum atomic E-state index is -1.62. The van der Waals surface area contributed by atoms with Crippen LogP contribution >= 0.6 is 57.8 Å². The highest BCUT2D eigenvalue weighted by molar-refractivity contribution is 14.1. The molecule has 0 fully saturated rings. The van der Waals surface area contributed by atoms with Crippen molar-refractivity contribution >= 4 is 57.8 Å². The summed E-state index contributed by atoms with van der Waals surface area (Å²) in [6, 6.07) is 4.77. The molecule has 0 aliphatic heterocycles. The van der Waals surface area contributed by atoms with Gasteiger partial charge in [0.2, 0.25) is 17.4 Å². The van der Waals surface area contributed by atoms with Gasteiger partial charge in [0, 0.05) is 3.57 Å². The van der Waals surface area contributed by atoms with Gasteiger partial charge in [0.05, 0.1) is 8.47 Å². The summed E-state index contributed by atoms with van der Waals surface area (Å²) in [7, 11) is 0. The van der Waals surface area contributed by atoms with Crippen molar-refractivity contribution in [2.75, 3.05) is 0 Å². The molecule has 0 aliphatic carbocycles. The van der Waals surface area contributed by atoms with Gasteiger partial charge in [0.15, 0.2) is 11.6 Å². The summed E-state index contributed by atoms with van der Waals surface area (Å²) >= 11 is 7.30. The molecular formula is C12H4F4I2OS. The van der Waals surface area contributed by atoms with E-state index >= 15 is 0 Å². The Morgan fingerprint density at radius 3 is 1.95 bits per heavy atom. The van der Waals surface area contributed by atoms with E-state index in [1.807, 2.05) is 45.2 Å². The average Bonchev–Trinajstić information content (AvgIpc) is 2.41. The van der Waals surface area contributed by atoms with Crippen molar-refractivity contribution in [3.63, 3.8) is 0 Å². The third-order valence-corrected chi connectivity index (χ3v) is 4.21. The summed E-state index contributed by atoms with van der Waals surface area (Å²) in [5.41, 5.74) is 0. The Kier molecular flexibility index (Phi) is 5.05. The number of hydrogen-bond acceptors (Lipinski definition) is 2. The standard InChI is InChI=1S/C12H4F4I2OS/c13-7-9(15)12(20)10(16)8(14)11(7)19-6-2-1-4(17)3-5(6)18/h1-3,20H. The van der Waals surface area contributed by atoms with Crippen LogP contribution < -0.4 is 4.74 Å². The Morgan fingerprint density at radius 1 is 0.900 bits per heavy atom. The van der Waals surface area contributed by atoms with Gasteiger partial charge in [-0.05, 0) is 63.4 Å². The first-order chi connectivity index (χ1) is 9.32.